The molecule has 24 heavy (non-hydrogen) atoms. The van der Waals surface area contributed by atoms with Crippen LogP contribution in [0.4, 0.5) is 0 Å². The molecule has 1 fully saturated rings. The van der Waals surface area contributed by atoms with Crippen molar-refractivity contribution in [3.8, 4) is 0 Å². The Morgan fingerprint density at radius 2 is 2.04 bits per heavy atom. The summed E-state index contributed by atoms with van der Waals surface area (Å²) in [5.41, 5.74) is 1.55. The molecule has 1 saturated heterocycles. The van der Waals surface area contributed by atoms with Gasteiger partial charge in [0.2, 0.25) is 5.91 Å². The molecular weight excluding hydrogens is 322 g/mol. The molecule has 0 saturated carbocycles. The lowest BCUT2D eigenvalue weighted by Crippen LogP contribution is -2.47. The minimum absolute atomic E-state index is 0.0976. The molecule has 3 rings (SSSR count). The zero-order valence-corrected chi connectivity index (χ0v) is 14.2. The number of hydrogen-bond acceptors (Lipinski definition) is 4. The fourth-order valence-electron chi connectivity index (χ4n) is 2.65. The van der Waals surface area contributed by atoms with E-state index in [9.17, 15) is 9.59 Å². The molecule has 1 aromatic heterocycles. The van der Waals surface area contributed by atoms with Gasteiger partial charge in [-0.05, 0) is 24.6 Å². The van der Waals surface area contributed by atoms with Crippen molar-refractivity contribution in [3.05, 3.63) is 66.0 Å². The first-order chi connectivity index (χ1) is 11.7. The lowest BCUT2D eigenvalue weighted by Gasteiger charge is -2.25. The van der Waals surface area contributed by atoms with Crippen molar-refractivity contribution in [1.82, 2.24) is 15.2 Å². The average molecular weight is 341 g/mol. The molecule has 1 aliphatic rings. The molecule has 1 aromatic carbocycles. The van der Waals surface area contributed by atoms with Crippen molar-refractivity contribution >= 4 is 23.6 Å². The zero-order valence-electron chi connectivity index (χ0n) is 13.4. The second-order valence-corrected chi connectivity index (χ2v) is 6.67. The Balaban J connectivity index is 1.69. The van der Waals surface area contributed by atoms with Crippen LogP contribution in [0.25, 0.3) is 0 Å². The molecule has 5 nitrogen and oxygen atoms in total. The minimum Gasteiger partial charge on any atom is -0.348 e. The van der Waals surface area contributed by atoms with Gasteiger partial charge < -0.3 is 10.2 Å². The van der Waals surface area contributed by atoms with Crippen molar-refractivity contribution in [2.45, 2.75) is 19.0 Å². The van der Waals surface area contributed by atoms with E-state index in [1.165, 1.54) is 6.20 Å². The lowest BCUT2D eigenvalue weighted by atomic mass is 10.1. The number of rotatable bonds is 4. The third-order valence-corrected chi connectivity index (χ3v) is 5.02. The van der Waals surface area contributed by atoms with Gasteiger partial charge in [-0.2, -0.15) is 0 Å². The highest BCUT2D eigenvalue weighted by Gasteiger charge is 2.35. The van der Waals surface area contributed by atoms with Crippen molar-refractivity contribution in [2.24, 2.45) is 0 Å². The van der Waals surface area contributed by atoms with Gasteiger partial charge in [-0.3, -0.25) is 14.6 Å². The van der Waals surface area contributed by atoms with E-state index in [0.717, 1.165) is 5.56 Å². The van der Waals surface area contributed by atoms with Crippen LogP contribution < -0.4 is 5.32 Å². The topological polar surface area (TPSA) is 62.3 Å². The highest BCUT2D eigenvalue weighted by Crippen LogP contribution is 2.24. The van der Waals surface area contributed by atoms with Gasteiger partial charge in [-0.1, -0.05) is 30.3 Å². The quantitative estimate of drug-likeness (QED) is 0.928. The molecule has 0 bridgehead atoms. The molecule has 2 amide bonds. The summed E-state index contributed by atoms with van der Waals surface area (Å²) >= 11 is 1.59. The Labute approximate surface area is 145 Å². The molecule has 1 aliphatic heterocycles. The Kier molecular flexibility index (Phi) is 5.15. The second kappa shape index (κ2) is 7.49. The Hall–Kier alpha value is -2.34. The van der Waals surface area contributed by atoms with Crippen LogP contribution in [0, 0.1) is 0 Å². The van der Waals surface area contributed by atoms with Gasteiger partial charge in [-0.25, -0.2) is 0 Å². The Morgan fingerprint density at radius 1 is 1.25 bits per heavy atom. The highest BCUT2D eigenvalue weighted by molar-refractivity contribution is 7.99. The number of amides is 2. The summed E-state index contributed by atoms with van der Waals surface area (Å²) in [7, 11) is 0. The van der Waals surface area contributed by atoms with E-state index < -0.39 is 6.04 Å². The molecule has 2 atom stereocenters. The maximum Gasteiger partial charge on any atom is 0.256 e. The van der Waals surface area contributed by atoms with Crippen LogP contribution in [0.3, 0.4) is 0 Å². The van der Waals surface area contributed by atoms with Crippen molar-refractivity contribution in [2.75, 3.05) is 11.6 Å². The summed E-state index contributed by atoms with van der Waals surface area (Å²) in [5, 5.41) is 3.01. The minimum atomic E-state index is -0.450. The van der Waals surface area contributed by atoms with Crippen LogP contribution in [0.5, 0.6) is 0 Å². The molecule has 6 heteroatoms. The molecule has 0 aliphatic carbocycles. The molecule has 2 heterocycles. The van der Waals surface area contributed by atoms with Gasteiger partial charge >= 0.3 is 0 Å². The number of nitrogens with zero attached hydrogens (tertiary/aromatic N) is 2. The van der Waals surface area contributed by atoms with E-state index in [1.807, 2.05) is 37.3 Å². The molecule has 124 valence electrons. The van der Waals surface area contributed by atoms with Crippen LogP contribution in [0.15, 0.2) is 54.9 Å². The highest BCUT2D eigenvalue weighted by atomic mass is 32.2. The molecular formula is C18H19N3O2S. The first-order valence-electron chi connectivity index (χ1n) is 7.81. The van der Waals surface area contributed by atoms with Crippen molar-refractivity contribution in [1.29, 1.82) is 0 Å². The van der Waals surface area contributed by atoms with Gasteiger partial charge in [0.25, 0.3) is 5.91 Å². The van der Waals surface area contributed by atoms with E-state index in [-0.39, 0.29) is 17.9 Å². The number of nitrogens with one attached hydrogen (secondary N) is 1. The van der Waals surface area contributed by atoms with Crippen molar-refractivity contribution in [3.63, 3.8) is 0 Å². The fraction of sp³-hybridized carbons (Fsp3) is 0.278. The SMILES string of the molecule is CC(NC(=O)[C@@H]1CSCN1C(=O)c1cccnc1)c1ccccc1. The van der Waals surface area contributed by atoms with Crippen LogP contribution in [0.2, 0.25) is 0 Å². The van der Waals surface area contributed by atoms with Crippen molar-refractivity contribution < 1.29 is 9.59 Å². The maximum absolute atomic E-state index is 12.6. The number of carbonyl (C=O) groups excluding carboxylic acids is 2. The summed E-state index contributed by atoms with van der Waals surface area (Å²) in [6, 6.07) is 12.7. The van der Waals surface area contributed by atoms with Gasteiger partial charge in [0.15, 0.2) is 0 Å². The smallest absolute Gasteiger partial charge is 0.256 e. The summed E-state index contributed by atoms with van der Waals surface area (Å²) in [5.74, 6) is 0.861. The second-order valence-electron chi connectivity index (χ2n) is 5.67. The van der Waals surface area contributed by atoms with Gasteiger partial charge in [0.1, 0.15) is 6.04 Å². The molecule has 0 radical (unpaired) electrons. The third kappa shape index (κ3) is 3.59. The fourth-order valence-corrected chi connectivity index (χ4v) is 3.80. The predicted molar refractivity (Wildman–Crippen MR) is 94.5 cm³/mol. The summed E-state index contributed by atoms with van der Waals surface area (Å²) in [4.78, 5) is 30.9. The molecule has 2 aromatic rings. The summed E-state index contributed by atoms with van der Waals surface area (Å²) < 4.78 is 0. The number of pyridine rings is 1. The first-order valence-corrected chi connectivity index (χ1v) is 8.96. The summed E-state index contributed by atoms with van der Waals surface area (Å²) in [6.45, 7) is 1.95. The number of hydrogen-bond donors (Lipinski definition) is 1. The Morgan fingerprint density at radius 3 is 2.75 bits per heavy atom. The van der Waals surface area contributed by atoms with E-state index in [4.69, 9.17) is 0 Å². The monoisotopic (exact) mass is 341 g/mol. The van der Waals surface area contributed by atoms with Crippen LogP contribution in [-0.4, -0.2) is 39.4 Å². The van der Waals surface area contributed by atoms with Gasteiger partial charge in [-0.15, -0.1) is 11.8 Å². The van der Waals surface area contributed by atoms with Gasteiger partial charge in [0.05, 0.1) is 17.5 Å². The lowest BCUT2D eigenvalue weighted by molar-refractivity contribution is -0.125. The predicted octanol–water partition coefficient (Wildman–Crippen LogP) is 2.47. The van der Waals surface area contributed by atoms with E-state index >= 15 is 0 Å². The number of carbonyl (C=O) groups is 2. The number of aromatic nitrogens is 1. The van der Waals surface area contributed by atoms with E-state index in [1.54, 1.807) is 35.0 Å². The van der Waals surface area contributed by atoms with Crippen LogP contribution in [-0.2, 0) is 4.79 Å². The Bertz CT molecular complexity index is 709. The van der Waals surface area contributed by atoms with Crippen LogP contribution >= 0.6 is 11.8 Å². The maximum atomic E-state index is 12.6. The third-order valence-electron chi connectivity index (χ3n) is 4.01. The number of benzene rings is 1. The van der Waals surface area contributed by atoms with Crippen LogP contribution in [0.1, 0.15) is 28.9 Å². The first kappa shape index (κ1) is 16.5. The average Bonchev–Trinajstić information content (AvgIpc) is 3.12. The molecule has 1 unspecified atom stereocenters. The largest absolute Gasteiger partial charge is 0.348 e. The molecule has 0 spiro atoms. The van der Waals surface area contributed by atoms with Gasteiger partial charge in [0, 0.05) is 18.1 Å². The normalized spacial score (nSPS) is 18.2. The molecule has 1 N–H and O–H groups in total. The standard InChI is InChI=1S/C18H19N3O2S/c1-13(14-6-3-2-4-7-14)20-17(22)16-11-24-12-21(16)18(23)15-8-5-9-19-10-15/h2-10,13,16H,11-12H2,1H3,(H,20,22)/t13?,16-/m0/s1. The summed E-state index contributed by atoms with van der Waals surface area (Å²) in [6.07, 6.45) is 3.16. The van der Waals surface area contributed by atoms with E-state index in [0.29, 0.717) is 17.2 Å². The van der Waals surface area contributed by atoms with E-state index in [2.05, 4.69) is 10.3 Å². The number of thioether (sulfide) groups is 1. The zero-order chi connectivity index (χ0) is 16.9.